The lowest BCUT2D eigenvalue weighted by Gasteiger charge is -2.11. The molecule has 0 spiro atoms. The summed E-state index contributed by atoms with van der Waals surface area (Å²) >= 11 is 13.0. The van der Waals surface area contributed by atoms with Gasteiger partial charge in [-0.3, -0.25) is 4.72 Å². The topological polar surface area (TPSA) is 66.4 Å². The summed E-state index contributed by atoms with van der Waals surface area (Å²) in [7, 11) is -3.83. The van der Waals surface area contributed by atoms with E-state index in [4.69, 9.17) is 23.2 Å². The summed E-state index contributed by atoms with van der Waals surface area (Å²) in [4.78, 5) is 0.467. The standard InChI is InChI=1S/C12H11Cl2NO3S2/c1-7-6-19-10(5-16)12(7)20(17,18)15-9-4-2-3-8(13)11(9)14/h2-4,6,15-16H,5H2,1H3. The van der Waals surface area contributed by atoms with Gasteiger partial charge in [-0.2, -0.15) is 0 Å². The van der Waals surface area contributed by atoms with Crippen molar-refractivity contribution in [3.63, 3.8) is 0 Å². The van der Waals surface area contributed by atoms with Crippen molar-refractivity contribution in [3.05, 3.63) is 44.1 Å². The lowest BCUT2D eigenvalue weighted by atomic mass is 10.3. The van der Waals surface area contributed by atoms with Crippen LogP contribution in [-0.4, -0.2) is 13.5 Å². The van der Waals surface area contributed by atoms with E-state index in [1.165, 1.54) is 17.4 Å². The van der Waals surface area contributed by atoms with Crippen molar-refractivity contribution in [2.24, 2.45) is 0 Å². The average molecular weight is 352 g/mol. The quantitative estimate of drug-likeness (QED) is 0.883. The van der Waals surface area contributed by atoms with E-state index < -0.39 is 10.0 Å². The fourth-order valence-electron chi connectivity index (χ4n) is 1.74. The number of rotatable bonds is 4. The van der Waals surface area contributed by atoms with Crippen molar-refractivity contribution in [2.75, 3.05) is 4.72 Å². The molecule has 1 aromatic carbocycles. The van der Waals surface area contributed by atoms with Crippen LogP contribution in [0.15, 0.2) is 28.5 Å². The number of sulfonamides is 1. The molecule has 1 aromatic heterocycles. The van der Waals surface area contributed by atoms with Gasteiger partial charge in [0.1, 0.15) is 4.90 Å². The van der Waals surface area contributed by atoms with Crippen LogP contribution in [0.1, 0.15) is 10.4 Å². The Labute approximate surface area is 131 Å². The van der Waals surface area contributed by atoms with Crippen LogP contribution in [0, 0.1) is 6.92 Å². The second kappa shape index (κ2) is 5.91. The predicted molar refractivity (Wildman–Crippen MR) is 82.2 cm³/mol. The lowest BCUT2D eigenvalue weighted by Crippen LogP contribution is -2.15. The minimum absolute atomic E-state index is 0.0843. The summed E-state index contributed by atoms with van der Waals surface area (Å²) in [6.07, 6.45) is 0. The SMILES string of the molecule is Cc1csc(CO)c1S(=O)(=O)Nc1cccc(Cl)c1Cl. The molecule has 1 heterocycles. The van der Waals surface area contributed by atoms with E-state index in [2.05, 4.69) is 4.72 Å². The van der Waals surface area contributed by atoms with Gasteiger partial charge in [0.05, 0.1) is 27.2 Å². The zero-order valence-electron chi connectivity index (χ0n) is 10.4. The lowest BCUT2D eigenvalue weighted by molar-refractivity contribution is 0.282. The molecule has 8 heteroatoms. The highest BCUT2D eigenvalue weighted by atomic mass is 35.5. The van der Waals surface area contributed by atoms with Gasteiger partial charge in [-0.1, -0.05) is 29.3 Å². The van der Waals surface area contributed by atoms with Crippen molar-refractivity contribution < 1.29 is 13.5 Å². The molecule has 0 unspecified atom stereocenters. The first-order valence-electron chi connectivity index (χ1n) is 5.51. The van der Waals surface area contributed by atoms with Gasteiger partial charge in [-0.25, -0.2) is 8.42 Å². The number of nitrogens with one attached hydrogen (secondary N) is 1. The number of anilines is 1. The van der Waals surface area contributed by atoms with Gasteiger partial charge in [0.15, 0.2) is 0 Å². The molecule has 0 aliphatic rings. The molecule has 0 radical (unpaired) electrons. The Morgan fingerprint density at radius 3 is 2.70 bits per heavy atom. The van der Waals surface area contributed by atoms with E-state index in [-0.39, 0.29) is 27.2 Å². The first-order chi connectivity index (χ1) is 9.36. The van der Waals surface area contributed by atoms with Crippen LogP contribution >= 0.6 is 34.5 Å². The highest BCUT2D eigenvalue weighted by Crippen LogP contribution is 2.33. The Kier molecular flexibility index (Phi) is 4.61. The summed E-state index contributed by atoms with van der Waals surface area (Å²) in [6, 6.07) is 4.68. The maximum Gasteiger partial charge on any atom is 0.263 e. The molecule has 0 saturated carbocycles. The summed E-state index contributed by atoms with van der Waals surface area (Å²) in [5.41, 5.74) is 0.776. The van der Waals surface area contributed by atoms with E-state index in [9.17, 15) is 13.5 Å². The van der Waals surface area contributed by atoms with Gasteiger partial charge < -0.3 is 5.11 Å². The number of halogens is 2. The Balaban J connectivity index is 2.46. The van der Waals surface area contributed by atoms with Crippen molar-refractivity contribution in [2.45, 2.75) is 18.4 Å². The molecular weight excluding hydrogens is 341 g/mol. The largest absolute Gasteiger partial charge is 0.391 e. The summed E-state index contributed by atoms with van der Waals surface area (Å²) in [6.45, 7) is 1.34. The number of hydrogen-bond acceptors (Lipinski definition) is 4. The Bertz CT molecular complexity index is 741. The van der Waals surface area contributed by atoms with Gasteiger partial charge >= 0.3 is 0 Å². The highest BCUT2D eigenvalue weighted by molar-refractivity contribution is 7.93. The summed E-state index contributed by atoms with van der Waals surface area (Å²) in [5, 5.41) is 11.3. The number of aryl methyl sites for hydroxylation is 1. The Hall–Kier alpha value is -0.790. The summed E-state index contributed by atoms with van der Waals surface area (Å²) in [5.74, 6) is 0. The van der Waals surface area contributed by atoms with Crippen LogP contribution < -0.4 is 4.72 Å². The van der Waals surface area contributed by atoms with Crippen LogP contribution in [0.25, 0.3) is 0 Å². The molecule has 108 valence electrons. The fourth-order valence-corrected chi connectivity index (χ4v) is 4.88. The molecular formula is C12H11Cl2NO3S2. The molecule has 4 nitrogen and oxygen atoms in total. The molecule has 0 amide bonds. The molecule has 2 aromatic rings. The molecule has 0 fully saturated rings. The predicted octanol–water partition coefficient (Wildman–Crippen LogP) is 3.66. The van der Waals surface area contributed by atoms with Gasteiger partial charge in [0, 0.05) is 0 Å². The van der Waals surface area contributed by atoms with Gasteiger partial charge in [-0.15, -0.1) is 11.3 Å². The van der Waals surface area contributed by atoms with E-state index in [1.807, 2.05) is 0 Å². The molecule has 0 aliphatic heterocycles. The average Bonchev–Trinajstić information content (AvgIpc) is 2.77. The highest BCUT2D eigenvalue weighted by Gasteiger charge is 2.23. The monoisotopic (exact) mass is 351 g/mol. The number of hydrogen-bond donors (Lipinski definition) is 2. The molecule has 2 rings (SSSR count). The number of benzene rings is 1. The zero-order valence-corrected chi connectivity index (χ0v) is 13.5. The van der Waals surface area contributed by atoms with Crippen molar-refractivity contribution in [3.8, 4) is 0 Å². The molecule has 0 atom stereocenters. The smallest absolute Gasteiger partial charge is 0.263 e. The first-order valence-corrected chi connectivity index (χ1v) is 8.63. The zero-order chi connectivity index (χ0) is 14.9. The molecule has 2 N–H and O–H groups in total. The van der Waals surface area contributed by atoms with Crippen LogP contribution in [0.4, 0.5) is 5.69 Å². The third-order valence-electron chi connectivity index (χ3n) is 2.60. The van der Waals surface area contributed by atoms with Crippen molar-refractivity contribution in [1.29, 1.82) is 0 Å². The van der Waals surface area contributed by atoms with Crippen LogP contribution in [-0.2, 0) is 16.6 Å². The number of aliphatic hydroxyl groups is 1. The molecule has 0 bridgehead atoms. The minimum atomic E-state index is -3.83. The Morgan fingerprint density at radius 2 is 2.05 bits per heavy atom. The molecule has 20 heavy (non-hydrogen) atoms. The van der Waals surface area contributed by atoms with E-state index in [1.54, 1.807) is 24.4 Å². The third-order valence-corrected chi connectivity index (χ3v) is 6.23. The van der Waals surface area contributed by atoms with Gasteiger partial charge in [0.25, 0.3) is 10.0 Å². The second-order valence-electron chi connectivity index (χ2n) is 4.04. The van der Waals surface area contributed by atoms with Gasteiger partial charge in [-0.05, 0) is 30.0 Å². The van der Waals surface area contributed by atoms with Crippen molar-refractivity contribution in [1.82, 2.24) is 0 Å². The van der Waals surface area contributed by atoms with Crippen molar-refractivity contribution >= 4 is 50.2 Å². The van der Waals surface area contributed by atoms with Crippen LogP contribution in [0.5, 0.6) is 0 Å². The van der Waals surface area contributed by atoms with Crippen LogP contribution in [0.2, 0.25) is 10.0 Å². The maximum atomic E-state index is 12.4. The number of thiophene rings is 1. The molecule has 0 aliphatic carbocycles. The normalized spacial score (nSPS) is 11.6. The van der Waals surface area contributed by atoms with E-state index in [0.717, 1.165) is 0 Å². The number of aliphatic hydroxyl groups excluding tert-OH is 1. The first kappa shape index (κ1) is 15.6. The maximum absolute atomic E-state index is 12.4. The van der Waals surface area contributed by atoms with E-state index in [0.29, 0.717) is 10.4 Å². The van der Waals surface area contributed by atoms with E-state index >= 15 is 0 Å². The molecule has 0 saturated heterocycles. The third kappa shape index (κ3) is 2.94. The van der Waals surface area contributed by atoms with Crippen LogP contribution in [0.3, 0.4) is 0 Å². The minimum Gasteiger partial charge on any atom is -0.391 e. The van der Waals surface area contributed by atoms with Gasteiger partial charge in [0.2, 0.25) is 0 Å². The second-order valence-corrected chi connectivity index (χ2v) is 7.40. The summed E-state index contributed by atoms with van der Waals surface area (Å²) < 4.78 is 27.2. The fraction of sp³-hybridized carbons (Fsp3) is 0.167. The Morgan fingerprint density at radius 1 is 1.35 bits per heavy atom.